The Balaban J connectivity index is 1.92. The molecule has 4 nitrogen and oxygen atoms in total. The molecule has 0 unspecified atom stereocenters. The molecule has 0 atom stereocenters. The highest BCUT2D eigenvalue weighted by molar-refractivity contribution is 7.14. The number of thiophene rings is 1. The van der Waals surface area contributed by atoms with E-state index >= 15 is 0 Å². The second kappa shape index (κ2) is 7.71. The fraction of sp³-hybridized carbons (Fsp3) is 0.250. The summed E-state index contributed by atoms with van der Waals surface area (Å²) in [6.45, 7) is 2.84. The molecule has 0 saturated heterocycles. The lowest BCUT2D eigenvalue weighted by Gasteiger charge is -2.03. The van der Waals surface area contributed by atoms with E-state index in [1.165, 1.54) is 11.3 Å². The van der Waals surface area contributed by atoms with Gasteiger partial charge in [0.15, 0.2) is 0 Å². The van der Waals surface area contributed by atoms with Crippen LogP contribution in [0.15, 0.2) is 42.5 Å². The van der Waals surface area contributed by atoms with Gasteiger partial charge in [-0.2, -0.15) is 0 Å². The molecule has 5 heteroatoms. The maximum atomic E-state index is 12.2. The number of hydrogen-bond acceptors (Lipinski definition) is 4. The lowest BCUT2D eigenvalue weighted by Crippen LogP contribution is -2.26. The Labute approximate surface area is 127 Å². The fourth-order valence-corrected chi connectivity index (χ4v) is 2.67. The maximum absolute atomic E-state index is 12.2. The molecule has 0 aliphatic carbocycles. The number of ether oxygens (including phenoxy) is 1. The van der Waals surface area contributed by atoms with Gasteiger partial charge in [0.05, 0.1) is 11.4 Å². The topological polar surface area (TPSA) is 55.4 Å². The molecule has 1 heterocycles. The second-order valence-corrected chi connectivity index (χ2v) is 5.54. The summed E-state index contributed by atoms with van der Waals surface area (Å²) in [7, 11) is 0. The Morgan fingerprint density at radius 3 is 2.62 bits per heavy atom. The van der Waals surface area contributed by atoms with Crippen molar-refractivity contribution in [1.29, 1.82) is 0 Å². The molecule has 0 aliphatic rings. The van der Waals surface area contributed by atoms with E-state index in [2.05, 4.69) is 5.32 Å². The summed E-state index contributed by atoms with van der Waals surface area (Å²) < 4.78 is 5.02. The molecule has 110 valence electrons. The van der Waals surface area contributed by atoms with Crippen molar-refractivity contribution >= 4 is 23.0 Å². The average Bonchev–Trinajstić information content (AvgIpc) is 3.00. The predicted molar refractivity (Wildman–Crippen MR) is 82.5 cm³/mol. The van der Waals surface area contributed by atoms with Crippen LogP contribution < -0.4 is 5.32 Å². The molecule has 1 aromatic heterocycles. The van der Waals surface area contributed by atoms with Gasteiger partial charge in [0, 0.05) is 17.0 Å². The Hall–Kier alpha value is -1.98. The van der Waals surface area contributed by atoms with Gasteiger partial charge in [-0.1, -0.05) is 30.3 Å². The molecular weight excluding hydrogens is 286 g/mol. The fourth-order valence-electron chi connectivity index (χ4n) is 1.76. The molecule has 0 radical (unpaired) electrons. The smallest absolute Gasteiger partial charge is 0.246 e. The highest BCUT2D eigenvalue weighted by Gasteiger charge is 2.11. The minimum absolute atomic E-state index is 0.00694. The van der Waals surface area contributed by atoms with Gasteiger partial charge in [-0.3, -0.25) is 9.59 Å². The molecule has 1 N–H and O–H groups in total. The molecule has 0 spiro atoms. The van der Waals surface area contributed by atoms with Crippen molar-refractivity contribution in [3.63, 3.8) is 0 Å². The second-order valence-electron chi connectivity index (χ2n) is 4.37. The molecule has 21 heavy (non-hydrogen) atoms. The summed E-state index contributed by atoms with van der Waals surface area (Å²) in [5.41, 5.74) is 0.672. The largest absolute Gasteiger partial charge is 0.372 e. The van der Waals surface area contributed by atoms with Crippen LogP contribution in [0.25, 0.3) is 0 Å². The van der Waals surface area contributed by atoms with E-state index in [0.29, 0.717) is 23.6 Å². The van der Waals surface area contributed by atoms with E-state index in [1.807, 2.05) is 31.2 Å². The molecule has 0 aliphatic heterocycles. The van der Waals surface area contributed by atoms with Crippen LogP contribution in [0, 0.1) is 0 Å². The van der Waals surface area contributed by atoms with Crippen molar-refractivity contribution in [3.8, 4) is 0 Å². The van der Waals surface area contributed by atoms with Gasteiger partial charge >= 0.3 is 0 Å². The standard InChI is InChI=1S/C16H17NO3S/c1-2-20-11-15(18)17-10-13-8-9-14(21-13)16(19)12-6-4-3-5-7-12/h3-9H,2,10-11H2,1H3,(H,17,18). The third-order valence-corrected chi connectivity index (χ3v) is 3.90. The SMILES string of the molecule is CCOCC(=O)NCc1ccc(C(=O)c2ccccc2)s1. The number of hydrogen-bond donors (Lipinski definition) is 1. The summed E-state index contributed by atoms with van der Waals surface area (Å²) in [6, 6.07) is 12.8. The third kappa shape index (κ3) is 4.51. The zero-order chi connectivity index (χ0) is 15.1. The number of rotatable bonds is 7. The first-order chi connectivity index (χ1) is 10.2. The summed E-state index contributed by atoms with van der Waals surface area (Å²) in [6.07, 6.45) is 0. The summed E-state index contributed by atoms with van der Waals surface area (Å²) in [5.74, 6) is -0.145. The van der Waals surface area contributed by atoms with Gasteiger partial charge in [0.1, 0.15) is 6.61 Å². The van der Waals surface area contributed by atoms with Gasteiger partial charge in [0.25, 0.3) is 0 Å². The van der Waals surface area contributed by atoms with Crippen LogP contribution in [0.2, 0.25) is 0 Å². The summed E-state index contributed by atoms with van der Waals surface area (Å²) in [4.78, 5) is 25.3. The Bertz CT molecular complexity index is 607. The number of carbonyl (C=O) groups excluding carboxylic acids is 2. The number of carbonyl (C=O) groups is 2. The molecule has 0 fully saturated rings. The number of nitrogens with one attached hydrogen (secondary N) is 1. The van der Waals surface area contributed by atoms with Gasteiger partial charge < -0.3 is 10.1 Å². The van der Waals surface area contributed by atoms with Crippen LogP contribution in [-0.4, -0.2) is 24.9 Å². The number of ketones is 1. The van der Waals surface area contributed by atoms with Crippen molar-refractivity contribution in [2.24, 2.45) is 0 Å². The summed E-state index contributed by atoms with van der Waals surface area (Å²) >= 11 is 1.40. The van der Waals surface area contributed by atoms with Crippen molar-refractivity contribution in [3.05, 3.63) is 57.8 Å². The van der Waals surface area contributed by atoms with Crippen molar-refractivity contribution in [1.82, 2.24) is 5.32 Å². The average molecular weight is 303 g/mol. The zero-order valence-electron chi connectivity index (χ0n) is 11.8. The molecule has 1 amide bonds. The minimum atomic E-state index is -0.152. The Kier molecular flexibility index (Phi) is 5.66. The molecule has 1 aromatic carbocycles. The van der Waals surface area contributed by atoms with Crippen LogP contribution in [0.1, 0.15) is 27.0 Å². The van der Waals surface area contributed by atoms with Crippen molar-refractivity contribution in [2.45, 2.75) is 13.5 Å². The quantitative estimate of drug-likeness (QED) is 0.800. The number of benzene rings is 1. The lowest BCUT2D eigenvalue weighted by molar-refractivity contribution is -0.125. The highest BCUT2D eigenvalue weighted by atomic mass is 32.1. The van der Waals surface area contributed by atoms with Crippen LogP contribution in [-0.2, 0) is 16.1 Å². The first kappa shape index (κ1) is 15.4. The third-order valence-electron chi connectivity index (χ3n) is 2.82. The van der Waals surface area contributed by atoms with E-state index in [0.717, 1.165) is 4.88 Å². The van der Waals surface area contributed by atoms with Crippen LogP contribution in [0.5, 0.6) is 0 Å². The van der Waals surface area contributed by atoms with Crippen molar-refractivity contribution < 1.29 is 14.3 Å². The van der Waals surface area contributed by atoms with Crippen LogP contribution in [0.4, 0.5) is 0 Å². The van der Waals surface area contributed by atoms with E-state index in [4.69, 9.17) is 4.74 Å². The Morgan fingerprint density at radius 2 is 1.90 bits per heavy atom. The number of amides is 1. The molecule has 0 saturated carbocycles. The first-order valence-electron chi connectivity index (χ1n) is 6.73. The maximum Gasteiger partial charge on any atom is 0.246 e. The van der Waals surface area contributed by atoms with E-state index in [9.17, 15) is 9.59 Å². The Morgan fingerprint density at radius 1 is 1.14 bits per heavy atom. The van der Waals surface area contributed by atoms with E-state index in [-0.39, 0.29) is 18.3 Å². The van der Waals surface area contributed by atoms with Gasteiger partial charge in [0.2, 0.25) is 11.7 Å². The molecular formula is C16H17NO3S. The first-order valence-corrected chi connectivity index (χ1v) is 7.55. The highest BCUT2D eigenvalue weighted by Crippen LogP contribution is 2.19. The lowest BCUT2D eigenvalue weighted by atomic mass is 10.1. The van der Waals surface area contributed by atoms with E-state index < -0.39 is 0 Å². The van der Waals surface area contributed by atoms with Gasteiger partial charge in [-0.15, -0.1) is 11.3 Å². The normalized spacial score (nSPS) is 10.3. The predicted octanol–water partition coefficient (Wildman–Crippen LogP) is 2.63. The zero-order valence-corrected chi connectivity index (χ0v) is 12.6. The molecule has 2 aromatic rings. The minimum Gasteiger partial charge on any atom is -0.372 e. The van der Waals surface area contributed by atoms with Crippen molar-refractivity contribution in [2.75, 3.05) is 13.2 Å². The monoisotopic (exact) mass is 303 g/mol. The summed E-state index contributed by atoms with van der Waals surface area (Å²) in [5, 5.41) is 2.76. The molecule has 0 bridgehead atoms. The van der Waals surface area contributed by atoms with E-state index in [1.54, 1.807) is 18.2 Å². The van der Waals surface area contributed by atoms with Crippen LogP contribution >= 0.6 is 11.3 Å². The van der Waals surface area contributed by atoms with Crippen LogP contribution in [0.3, 0.4) is 0 Å². The molecule has 2 rings (SSSR count). The van der Waals surface area contributed by atoms with Gasteiger partial charge in [-0.05, 0) is 19.1 Å². The van der Waals surface area contributed by atoms with Gasteiger partial charge in [-0.25, -0.2) is 0 Å².